The first-order chi connectivity index (χ1) is 9.06. The Morgan fingerprint density at radius 1 is 1.63 bits per heavy atom. The molecule has 1 saturated heterocycles. The number of carbonyl (C=O) groups excluding carboxylic acids is 1. The van der Waals surface area contributed by atoms with Crippen LogP contribution in [0.25, 0.3) is 0 Å². The summed E-state index contributed by atoms with van der Waals surface area (Å²) < 4.78 is 19.6. The third kappa shape index (κ3) is 2.96. The molecule has 4 nitrogen and oxygen atoms in total. The van der Waals surface area contributed by atoms with Gasteiger partial charge in [-0.15, -0.1) is 0 Å². The van der Waals surface area contributed by atoms with Gasteiger partial charge in [0.05, 0.1) is 24.3 Å². The van der Waals surface area contributed by atoms with Gasteiger partial charge in [-0.05, 0) is 24.6 Å². The molecule has 0 saturated carbocycles. The van der Waals surface area contributed by atoms with Crippen LogP contribution in [0.3, 0.4) is 0 Å². The number of benzene rings is 1. The zero-order valence-electron chi connectivity index (χ0n) is 10.5. The summed E-state index contributed by atoms with van der Waals surface area (Å²) in [5.74, 6) is -0.986. The molecule has 1 aliphatic rings. The van der Waals surface area contributed by atoms with Crippen LogP contribution in [-0.2, 0) is 4.74 Å². The SMILES string of the molecule is CO[C@@H]1C[C@@H](CO)N(C(=O)c2ccc(Br)cc2F)C1. The molecule has 1 amide bonds. The molecule has 0 aromatic heterocycles. The summed E-state index contributed by atoms with van der Waals surface area (Å²) in [6, 6.07) is 4.00. The third-order valence-electron chi connectivity index (χ3n) is 3.34. The van der Waals surface area contributed by atoms with Crippen molar-refractivity contribution in [3.8, 4) is 0 Å². The van der Waals surface area contributed by atoms with Gasteiger partial charge in [0.15, 0.2) is 0 Å². The second-order valence-electron chi connectivity index (χ2n) is 4.51. The Morgan fingerprint density at radius 3 is 2.95 bits per heavy atom. The number of aliphatic hydroxyl groups is 1. The number of ether oxygens (including phenoxy) is 1. The fourth-order valence-electron chi connectivity index (χ4n) is 2.28. The van der Waals surface area contributed by atoms with Crippen LogP contribution in [0.5, 0.6) is 0 Å². The Kier molecular flexibility index (Phi) is 4.54. The van der Waals surface area contributed by atoms with Gasteiger partial charge in [0.25, 0.3) is 5.91 Å². The van der Waals surface area contributed by atoms with E-state index < -0.39 is 11.7 Å². The molecule has 1 aromatic rings. The lowest BCUT2D eigenvalue weighted by Gasteiger charge is -2.23. The van der Waals surface area contributed by atoms with E-state index >= 15 is 0 Å². The van der Waals surface area contributed by atoms with E-state index in [9.17, 15) is 14.3 Å². The maximum atomic E-state index is 13.8. The number of nitrogens with zero attached hydrogens (tertiary/aromatic N) is 1. The third-order valence-corrected chi connectivity index (χ3v) is 3.84. The van der Waals surface area contributed by atoms with E-state index in [1.807, 2.05) is 0 Å². The van der Waals surface area contributed by atoms with Crippen LogP contribution in [0.1, 0.15) is 16.8 Å². The van der Waals surface area contributed by atoms with Crippen LogP contribution < -0.4 is 0 Å². The first kappa shape index (κ1) is 14.4. The highest BCUT2D eigenvalue weighted by molar-refractivity contribution is 9.10. The molecule has 0 aliphatic carbocycles. The van der Waals surface area contributed by atoms with E-state index in [4.69, 9.17) is 4.74 Å². The Hall–Kier alpha value is -0.980. The molecule has 0 bridgehead atoms. The standard InChI is InChI=1S/C13H15BrFNO3/c1-19-10-5-9(7-17)16(6-10)13(18)11-3-2-8(14)4-12(11)15/h2-4,9-10,17H,5-7H2,1H3/t9-,10+/m0/s1. The predicted octanol–water partition coefficient (Wildman–Crippen LogP) is 1.81. The molecule has 104 valence electrons. The second kappa shape index (κ2) is 5.98. The lowest BCUT2D eigenvalue weighted by atomic mass is 10.1. The van der Waals surface area contributed by atoms with Gasteiger partial charge < -0.3 is 14.7 Å². The maximum absolute atomic E-state index is 13.8. The summed E-state index contributed by atoms with van der Waals surface area (Å²) >= 11 is 3.15. The van der Waals surface area contributed by atoms with Crippen LogP contribution in [0.15, 0.2) is 22.7 Å². The first-order valence-corrected chi connectivity index (χ1v) is 6.75. The molecule has 1 aliphatic heterocycles. The van der Waals surface area contributed by atoms with Gasteiger partial charge in [0.2, 0.25) is 0 Å². The molecular formula is C13H15BrFNO3. The normalized spacial score (nSPS) is 22.8. The van der Waals surface area contributed by atoms with E-state index in [1.165, 1.54) is 17.0 Å². The van der Waals surface area contributed by atoms with E-state index in [0.29, 0.717) is 17.4 Å². The minimum Gasteiger partial charge on any atom is -0.394 e. The van der Waals surface area contributed by atoms with Gasteiger partial charge in [-0.25, -0.2) is 4.39 Å². The number of amides is 1. The summed E-state index contributed by atoms with van der Waals surface area (Å²) in [7, 11) is 1.56. The molecule has 1 aromatic carbocycles. The lowest BCUT2D eigenvalue weighted by Crippen LogP contribution is -2.38. The van der Waals surface area contributed by atoms with E-state index in [1.54, 1.807) is 13.2 Å². The number of likely N-dealkylation sites (tertiary alicyclic amines) is 1. The van der Waals surface area contributed by atoms with Crippen molar-refractivity contribution in [2.45, 2.75) is 18.6 Å². The molecule has 19 heavy (non-hydrogen) atoms. The van der Waals surface area contributed by atoms with Crippen molar-refractivity contribution in [3.05, 3.63) is 34.1 Å². The van der Waals surface area contributed by atoms with E-state index in [0.717, 1.165) is 0 Å². The lowest BCUT2D eigenvalue weighted by molar-refractivity contribution is 0.0643. The fraction of sp³-hybridized carbons (Fsp3) is 0.462. The van der Waals surface area contributed by atoms with Crippen molar-refractivity contribution in [1.82, 2.24) is 4.90 Å². The van der Waals surface area contributed by atoms with Crippen LogP contribution in [0.4, 0.5) is 4.39 Å². The Bertz CT molecular complexity index is 483. The van der Waals surface area contributed by atoms with E-state index in [2.05, 4.69) is 15.9 Å². The fourth-order valence-corrected chi connectivity index (χ4v) is 2.62. The zero-order valence-corrected chi connectivity index (χ0v) is 12.1. The number of aliphatic hydroxyl groups excluding tert-OH is 1. The Balaban J connectivity index is 2.23. The maximum Gasteiger partial charge on any atom is 0.257 e. The molecule has 0 unspecified atom stereocenters. The average Bonchev–Trinajstić information content (AvgIpc) is 2.81. The predicted molar refractivity (Wildman–Crippen MR) is 71.4 cm³/mol. The van der Waals surface area contributed by atoms with E-state index in [-0.39, 0.29) is 24.3 Å². The van der Waals surface area contributed by atoms with Crippen molar-refractivity contribution in [2.75, 3.05) is 20.3 Å². The van der Waals surface area contributed by atoms with Gasteiger partial charge in [-0.3, -0.25) is 4.79 Å². The van der Waals surface area contributed by atoms with Crippen LogP contribution >= 0.6 is 15.9 Å². The number of rotatable bonds is 3. The minimum atomic E-state index is -0.572. The number of halogens is 2. The average molecular weight is 332 g/mol. The molecule has 6 heteroatoms. The smallest absolute Gasteiger partial charge is 0.257 e. The van der Waals surface area contributed by atoms with Crippen molar-refractivity contribution in [2.24, 2.45) is 0 Å². The quantitative estimate of drug-likeness (QED) is 0.919. The summed E-state index contributed by atoms with van der Waals surface area (Å²) in [6.07, 6.45) is 0.455. The van der Waals surface area contributed by atoms with Gasteiger partial charge in [-0.2, -0.15) is 0 Å². The van der Waals surface area contributed by atoms with Crippen molar-refractivity contribution in [1.29, 1.82) is 0 Å². The van der Waals surface area contributed by atoms with Crippen molar-refractivity contribution >= 4 is 21.8 Å². The Morgan fingerprint density at radius 2 is 2.37 bits per heavy atom. The Labute approximate surface area is 119 Å². The zero-order chi connectivity index (χ0) is 14.0. The highest BCUT2D eigenvalue weighted by atomic mass is 79.9. The summed E-state index contributed by atoms with van der Waals surface area (Å²) in [4.78, 5) is 13.8. The summed E-state index contributed by atoms with van der Waals surface area (Å²) in [6.45, 7) is 0.222. The van der Waals surface area contributed by atoms with Crippen molar-refractivity contribution in [3.63, 3.8) is 0 Å². The number of hydrogen-bond acceptors (Lipinski definition) is 3. The topological polar surface area (TPSA) is 49.8 Å². The second-order valence-corrected chi connectivity index (χ2v) is 5.43. The summed E-state index contributed by atoms with van der Waals surface area (Å²) in [5.41, 5.74) is 0.0124. The van der Waals surface area contributed by atoms with Gasteiger partial charge in [0.1, 0.15) is 5.82 Å². The van der Waals surface area contributed by atoms with Gasteiger partial charge in [-0.1, -0.05) is 15.9 Å². The molecule has 1 fully saturated rings. The van der Waals surface area contributed by atoms with Crippen molar-refractivity contribution < 1.29 is 19.0 Å². The largest absolute Gasteiger partial charge is 0.394 e. The monoisotopic (exact) mass is 331 g/mol. The molecule has 2 rings (SSSR count). The molecule has 2 atom stereocenters. The number of methoxy groups -OCH3 is 1. The first-order valence-electron chi connectivity index (χ1n) is 5.96. The van der Waals surface area contributed by atoms with Gasteiger partial charge >= 0.3 is 0 Å². The molecule has 1 N–H and O–H groups in total. The van der Waals surface area contributed by atoms with Crippen LogP contribution in [-0.4, -0.2) is 48.3 Å². The molecule has 0 radical (unpaired) electrons. The highest BCUT2D eigenvalue weighted by Crippen LogP contribution is 2.24. The molecule has 0 spiro atoms. The molecule has 1 heterocycles. The van der Waals surface area contributed by atoms with Gasteiger partial charge in [0, 0.05) is 18.1 Å². The summed E-state index contributed by atoms with van der Waals surface area (Å²) in [5, 5.41) is 9.31. The van der Waals surface area contributed by atoms with Crippen LogP contribution in [0.2, 0.25) is 0 Å². The molecular weight excluding hydrogens is 317 g/mol. The van der Waals surface area contributed by atoms with Crippen LogP contribution in [0, 0.1) is 5.82 Å². The highest BCUT2D eigenvalue weighted by Gasteiger charge is 2.36. The number of carbonyl (C=O) groups is 1. The number of hydrogen-bond donors (Lipinski definition) is 1. The minimum absolute atomic E-state index is 0.0124.